The van der Waals surface area contributed by atoms with Crippen molar-refractivity contribution in [1.29, 1.82) is 0 Å². The van der Waals surface area contributed by atoms with E-state index in [0.717, 1.165) is 0 Å². The maximum atomic E-state index is 3.92. The van der Waals surface area contributed by atoms with Gasteiger partial charge in [0.15, 0.2) is 11.9 Å². The van der Waals surface area contributed by atoms with Crippen molar-refractivity contribution in [2.45, 2.75) is 34.6 Å². The highest BCUT2D eigenvalue weighted by molar-refractivity contribution is 4.80. The fourth-order valence-electron chi connectivity index (χ4n) is 0.498. The van der Waals surface area contributed by atoms with E-state index in [0.29, 0.717) is 0 Å². The normalized spacial score (nSPS) is 7.17. The Morgan fingerprint density at radius 2 is 1.67 bits per heavy atom. The zero-order valence-corrected chi connectivity index (χ0v) is 9.13. The number of rotatable bonds is 0. The molecule has 0 radical (unpaired) electrons. The van der Waals surface area contributed by atoms with Gasteiger partial charge in [-0.3, -0.25) is 4.98 Å². The van der Waals surface area contributed by atoms with E-state index in [9.17, 15) is 0 Å². The summed E-state index contributed by atoms with van der Waals surface area (Å²) in [5.41, 5.74) is 1.17. The summed E-state index contributed by atoms with van der Waals surface area (Å²) in [4.78, 5) is 3.92. The number of aryl methyl sites for hydroxylation is 2. The van der Waals surface area contributed by atoms with Crippen LogP contribution in [0.15, 0.2) is 18.6 Å². The Labute approximate surface area is 76.3 Å². The predicted molar refractivity (Wildman–Crippen MR) is 52.8 cm³/mol. The molecule has 2 heteroatoms. The first-order valence-electron chi connectivity index (χ1n) is 4.57. The molecule has 1 aromatic rings. The van der Waals surface area contributed by atoms with Gasteiger partial charge in [0.1, 0.15) is 7.05 Å². The van der Waals surface area contributed by atoms with E-state index in [-0.39, 0.29) is 0 Å². The van der Waals surface area contributed by atoms with Gasteiger partial charge >= 0.3 is 0 Å². The minimum absolute atomic E-state index is 1.17. The minimum atomic E-state index is 1.17. The third kappa shape index (κ3) is 5.83. The SMILES string of the molecule is CC.CC.Cc1cncc[n+]1C. The summed E-state index contributed by atoms with van der Waals surface area (Å²) in [6.45, 7) is 10.0. The van der Waals surface area contributed by atoms with Crippen LogP contribution in [0.1, 0.15) is 33.4 Å². The highest BCUT2D eigenvalue weighted by Gasteiger charge is 1.93. The second-order valence-corrected chi connectivity index (χ2v) is 1.83. The van der Waals surface area contributed by atoms with Crippen LogP contribution in [0, 0.1) is 6.92 Å². The third-order valence-electron chi connectivity index (χ3n) is 1.19. The molecule has 0 bridgehead atoms. The van der Waals surface area contributed by atoms with Crippen LogP contribution in [0.25, 0.3) is 0 Å². The Morgan fingerprint density at radius 3 is 1.92 bits per heavy atom. The van der Waals surface area contributed by atoms with Gasteiger partial charge in [0, 0.05) is 6.92 Å². The first-order chi connectivity index (χ1) is 5.80. The van der Waals surface area contributed by atoms with E-state index < -0.39 is 0 Å². The van der Waals surface area contributed by atoms with Crippen molar-refractivity contribution in [2.24, 2.45) is 7.05 Å². The number of aromatic nitrogens is 2. The second kappa shape index (κ2) is 10.1. The van der Waals surface area contributed by atoms with Crippen LogP contribution in [-0.4, -0.2) is 4.98 Å². The Balaban J connectivity index is 0. The molecule has 12 heavy (non-hydrogen) atoms. The quantitative estimate of drug-likeness (QED) is 0.544. The molecule has 0 fully saturated rings. The molecule has 0 unspecified atom stereocenters. The minimum Gasteiger partial charge on any atom is -0.252 e. The molecule has 0 aromatic carbocycles. The summed E-state index contributed by atoms with van der Waals surface area (Å²) in [7, 11) is 2.00. The molecule has 70 valence electrons. The number of hydrogen-bond acceptors (Lipinski definition) is 1. The molecular formula is C10H21N2+. The lowest BCUT2D eigenvalue weighted by Crippen LogP contribution is -2.30. The van der Waals surface area contributed by atoms with E-state index in [1.165, 1.54) is 5.69 Å². The van der Waals surface area contributed by atoms with Crippen molar-refractivity contribution in [1.82, 2.24) is 4.98 Å². The molecule has 0 N–H and O–H groups in total. The van der Waals surface area contributed by atoms with E-state index in [2.05, 4.69) is 4.98 Å². The van der Waals surface area contributed by atoms with Crippen LogP contribution < -0.4 is 4.57 Å². The largest absolute Gasteiger partial charge is 0.252 e. The zero-order valence-electron chi connectivity index (χ0n) is 9.13. The van der Waals surface area contributed by atoms with Crippen LogP contribution in [0.3, 0.4) is 0 Å². The van der Waals surface area contributed by atoms with Crippen LogP contribution in [0.5, 0.6) is 0 Å². The summed E-state index contributed by atoms with van der Waals surface area (Å²) >= 11 is 0. The van der Waals surface area contributed by atoms with Gasteiger partial charge in [-0.1, -0.05) is 27.7 Å². The Hall–Kier alpha value is -0.920. The molecule has 0 atom stereocenters. The van der Waals surface area contributed by atoms with Crippen molar-refractivity contribution < 1.29 is 4.57 Å². The molecule has 0 aliphatic rings. The van der Waals surface area contributed by atoms with Crippen molar-refractivity contribution >= 4 is 0 Å². The Bertz CT molecular complexity index is 164. The van der Waals surface area contributed by atoms with Crippen molar-refractivity contribution in [3.8, 4) is 0 Å². The van der Waals surface area contributed by atoms with Gasteiger partial charge in [-0.15, -0.1) is 0 Å². The summed E-state index contributed by atoms with van der Waals surface area (Å²) in [6.07, 6.45) is 5.53. The topological polar surface area (TPSA) is 16.8 Å². The smallest absolute Gasteiger partial charge is 0.196 e. The van der Waals surface area contributed by atoms with Crippen molar-refractivity contribution in [2.75, 3.05) is 0 Å². The summed E-state index contributed by atoms with van der Waals surface area (Å²) in [6, 6.07) is 0. The monoisotopic (exact) mass is 169 g/mol. The molecule has 0 saturated heterocycles. The standard InChI is InChI=1S/C6H9N2.2C2H6/c1-6-5-7-3-4-8(6)2;2*1-2/h3-5H,1-2H3;2*1-2H3/q+1;;. The van der Waals surface area contributed by atoms with E-state index in [1.807, 2.05) is 58.6 Å². The first kappa shape index (κ1) is 13.7. The van der Waals surface area contributed by atoms with Gasteiger partial charge in [-0.25, -0.2) is 4.57 Å². The van der Waals surface area contributed by atoms with E-state index in [4.69, 9.17) is 0 Å². The summed E-state index contributed by atoms with van der Waals surface area (Å²) in [5, 5.41) is 0. The fraction of sp³-hybridized carbons (Fsp3) is 0.600. The van der Waals surface area contributed by atoms with Crippen LogP contribution in [0.2, 0.25) is 0 Å². The van der Waals surface area contributed by atoms with Crippen LogP contribution in [0.4, 0.5) is 0 Å². The lowest BCUT2D eigenvalue weighted by molar-refractivity contribution is -0.678. The Morgan fingerprint density at radius 1 is 1.17 bits per heavy atom. The summed E-state index contributed by atoms with van der Waals surface area (Å²) < 4.78 is 2.02. The molecular weight excluding hydrogens is 148 g/mol. The molecule has 0 amide bonds. The van der Waals surface area contributed by atoms with E-state index in [1.54, 1.807) is 6.20 Å². The van der Waals surface area contributed by atoms with Crippen molar-refractivity contribution in [3.63, 3.8) is 0 Å². The number of nitrogens with zero attached hydrogens (tertiary/aromatic N) is 2. The molecule has 0 aliphatic heterocycles. The second-order valence-electron chi connectivity index (χ2n) is 1.83. The molecule has 1 aromatic heterocycles. The maximum absolute atomic E-state index is 3.92. The average molecular weight is 169 g/mol. The van der Waals surface area contributed by atoms with Gasteiger partial charge in [0.05, 0.1) is 12.4 Å². The molecule has 0 spiro atoms. The predicted octanol–water partition coefficient (Wildman–Crippen LogP) is 2.27. The Kier molecular flexibility index (Phi) is 11.5. The highest BCUT2D eigenvalue weighted by Crippen LogP contribution is 1.78. The lowest BCUT2D eigenvalue weighted by atomic mass is 10.5. The summed E-state index contributed by atoms with van der Waals surface area (Å²) in [5.74, 6) is 0. The third-order valence-corrected chi connectivity index (χ3v) is 1.19. The van der Waals surface area contributed by atoms with Gasteiger partial charge in [0.25, 0.3) is 0 Å². The number of hydrogen-bond donors (Lipinski definition) is 0. The molecule has 0 saturated carbocycles. The zero-order chi connectivity index (χ0) is 9.98. The molecule has 1 heterocycles. The first-order valence-corrected chi connectivity index (χ1v) is 4.57. The molecule has 0 aliphatic carbocycles. The van der Waals surface area contributed by atoms with Gasteiger partial charge in [-0.05, 0) is 0 Å². The van der Waals surface area contributed by atoms with Crippen LogP contribution in [-0.2, 0) is 7.05 Å². The maximum Gasteiger partial charge on any atom is 0.196 e. The van der Waals surface area contributed by atoms with Gasteiger partial charge in [-0.2, -0.15) is 0 Å². The van der Waals surface area contributed by atoms with Gasteiger partial charge < -0.3 is 0 Å². The molecule has 1 rings (SSSR count). The van der Waals surface area contributed by atoms with E-state index >= 15 is 0 Å². The highest BCUT2D eigenvalue weighted by atomic mass is 14.9. The van der Waals surface area contributed by atoms with Crippen LogP contribution >= 0.6 is 0 Å². The lowest BCUT2D eigenvalue weighted by Gasteiger charge is -1.86. The average Bonchev–Trinajstić information content (AvgIpc) is 2.17. The van der Waals surface area contributed by atoms with Crippen molar-refractivity contribution in [3.05, 3.63) is 24.3 Å². The fourth-order valence-corrected chi connectivity index (χ4v) is 0.498. The molecule has 2 nitrogen and oxygen atoms in total. The van der Waals surface area contributed by atoms with Gasteiger partial charge in [0.2, 0.25) is 0 Å².